The van der Waals surface area contributed by atoms with Crippen molar-refractivity contribution in [2.75, 3.05) is 26.7 Å². The smallest absolute Gasteiger partial charge is 0.222 e. The maximum atomic E-state index is 11.9. The highest BCUT2D eigenvalue weighted by Gasteiger charge is 2.22. The lowest BCUT2D eigenvalue weighted by Crippen LogP contribution is -2.41. The van der Waals surface area contributed by atoms with Gasteiger partial charge in [0.1, 0.15) is 0 Å². The molecule has 1 atom stereocenters. The van der Waals surface area contributed by atoms with Gasteiger partial charge in [-0.3, -0.25) is 4.79 Å². The van der Waals surface area contributed by atoms with E-state index in [0.29, 0.717) is 18.9 Å². The topological polar surface area (TPSA) is 52.6 Å². The number of amides is 1. The van der Waals surface area contributed by atoms with Gasteiger partial charge >= 0.3 is 0 Å². The van der Waals surface area contributed by atoms with Gasteiger partial charge in [-0.2, -0.15) is 0 Å². The van der Waals surface area contributed by atoms with E-state index in [1.54, 1.807) is 25.8 Å². The van der Waals surface area contributed by atoms with Gasteiger partial charge in [-0.15, -0.1) is 0 Å². The van der Waals surface area contributed by atoms with Crippen LogP contribution in [0.1, 0.15) is 33.1 Å². The molecular formula is C12H24N2O2. The highest BCUT2D eigenvalue weighted by atomic mass is 16.3. The van der Waals surface area contributed by atoms with E-state index in [9.17, 15) is 9.90 Å². The number of rotatable bonds is 4. The van der Waals surface area contributed by atoms with E-state index in [0.717, 1.165) is 25.9 Å². The molecular weight excluding hydrogens is 204 g/mol. The Morgan fingerprint density at radius 1 is 1.56 bits per heavy atom. The fourth-order valence-electron chi connectivity index (χ4n) is 2.17. The van der Waals surface area contributed by atoms with Gasteiger partial charge in [0.2, 0.25) is 5.91 Å². The van der Waals surface area contributed by atoms with Crippen molar-refractivity contribution in [2.45, 2.75) is 38.7 Å². The van der Waals surface area contributed by atoms with Gasteiger partial charge in [-0.1, -0.05) is 0 Å². The fourth-order valence-corrected chi connectivity index (χ4v) is 2.17. The van der Waals surface area contributed by atoms with Crippen molar-refractivity contribution < 1.29 is 9.90 Å². The first-order chi connectivity index (χ1) is 7.38. The highest BCUT2D eigenvalue weighted by molar-refractivity contribution is 5.76. The molecule has 0 aromatic carbocycles. The molecule has 0 aliphatic carbocycles. The first kappa shape index (κ1) is 13.5. The summed E-state index contributed by atoms with van der Waals surface area (Å²) in [5.41, 5.74) is -0.810. The van der Waals surface area contributed by atoms with Crippen molar-refractivity contribution in [1.29, 1.82) is 0 Å². The molecule has 4 nitrogen and oxygen atoms in total. The summed E-state index contributed by atoms with van der Waals surface area (Å²) in [5.74, 6) is 0.598. The molecule has 94 valence electrons. The Hall–Kier alpha value is -0.610. The molecule has 2 N–H and O–H groups in total. The van der Waals surface area contributed by atoms with Crippen LogP contribution in [0.4, 0.5) is 0 Å². The zero-order chi connectivity index (χ0) is 12.2. The summed E-state index contributed by atoms with van der Waals surface area (Å²) in [7, 11) is 1.76. The van der Waals surface area contributed by atoms with Crippen molar-refractivity contribution >= 4 is 5.91 Å². The number of hydrogen-bond acceptors (Lipinski definition) is 3. The number of nitrogens with one attached hydrogen (secondary N) is 1. The van der Waals surface area contributed by atoms with Crippen LogP contribution >= 0.6 is 0 Å². The van der Waals surface area contributed by atoms with Gasteiger partial charge < -0.3 is 15.3 Å². The third kappa shape index (κ3) is 4.94. The van der Waals surface area contributed by atoms with Gasteiger partial charge in [0.15, 0.2) is 0 Å². The Morgan fingerprint density at radius 3 is 2.75 bits per heavy atom. The molecule has 0 aromatic rings. The van der Waals surface area contributed by atoms with E-state index in [1.165, 1.54) is 0 Å². The monoisotopic (exact) mass is 228 g/mol. The largest absolute Gasteiger partial charge is 0.389 e. The molecule has 1 aliphatic rings. The zero-order valence-corrected chi connectivity index (χ0v) is 10.6. The first-order valence-electron chi connectivity index (χ1n) is 6.05. The second kappa shape index (κ2) is 5.64. The zero-order valence-electron chi connectivity index (χ0n) is 10.6. The third-order valence-electron chi connectivity index (χ3n) is 2.91. The fraction of sp³-hybridized carbons (Fsp3) is 0.917. The van der Waals surface area contributed by atoms with E-state index < -0.39 is 5.60 Å². The van der Waals surface area contributed by atoms with Crippen molar-refractivity contribution in [3.05, 3.63) is 0 Å². The second-order valence-electron chi connectivity index (χ2n) is 5.48. The minimum absolute atomic E-state index is 0.135. The van der Waals surface area contributed by atoms with Crippen molar-refractivity contribution in [1.82, 2.24) is 10.2 Å². The summed E-state index contributed by atoms with van der Waals surface area (Å²) in [5, 5.41) is 12.9. The quantitative estimate of drug-likeness (QED) is 0.741. The Kier molecular flexibility index (Phi) is 4.74. The van der Waals surface area contributed by atoms with Crippen LogP contribution in [0.15, 0.2) is 0 Å². The molecule has 1 rings (SSSR count). The van der Waals surface area contributed by atoms with Crippen LogP contribution in [0.2, 0.25) is 0 Å². The highest BCUT2D eigenvalue weighted by Crippen LogP contribution is 2.15. The van der Waals surface area contributed by atoms with E-state index >= 15 is 0 Å². The lowest BCUT2D eigenvalue weighted by Gasteiger charge is -2.28. The molecule has 0 saturated carbocycles. The molecule has 0 bridgehead atoms. The standard InChI is InChI=1S/C12H24N2O2/c1-12(2,16)9-14(3)11(15)7-10-5-4-6-13-8-10/h10,13,16H,4-9H2,1-3H3. The molecule has 1 saturated heterocycles. The Bertz CT molecular complexity index is 230. The number of hydrogen-bond donors (Lipinski definition) is 2. The van der Waals surface area contributed by atoms with E-state index in [-0.39, 0.29) is 5.91 Å². The minimum atomic E-state index is -0.810. The van der Waals surface area contributed by atoms with Crippen LogP contribution in [-0.4, -0.2) is 48.2 Å². The van der Waals surface area contributed by atoms with E-state index in [1.807, 2.05) is 0 Å². The number of carbonyl (C=O) groups is 1. The Labute approximate surface area is 98.0 Å². The second-order valence-corrected chi connectivity index (χ2v) is 5.48. The molecule has 1 fully saturated rings. The molecule has 1 unspecified atom stereocenters. The molecule has 0 aromatic heterocycles. The van der Waals surface area contributed by atoms with Gasteiger partial charge in [0.05, 0.1) is 5.60 Å². The first-order valence-corrected chi connectivity index (χ1v) is 6.05. The van der Waals surface area contributed by atoms with Gasteiger partial charge in [0, 0.05) is 20.0 Å². The minimum Gasteiger partial charge on any atom is -0.389 e. The summed E-state index contributed by atoms with van der Waals surface area (Å²) in [6, 6.07) is 0. The number of aliphatic hydroxyl groups is 1. The number of carbonyl (C=O) groups excluding carboxylic acids is 1. The number of likely N-dealkylation sites (N-methyl/N-ethyl adjacent to an activating group) is 1. The Morgan fingerprint density at radius 2 is 2.25 bits per heavy atom. The normalized spacial score (nSPS) is 21.9. The summed E-state index contributed by atoms with van der Waals surface area (Å²) >= 11 is 0. The molecule has 0 spiro atoms. The third-order valence-corrected chi connectivity index (χ3v) is 2.91. The molecule has 1 amide bonds. The predicted octanol–water partition coefficient (Wildman–Crippen LogP) is 0.605. The lowest BCUT2D eigenvalue weighted by atomic mass is 9.95. The van der Waals surface area contributed by atoms with Crippen molar-refractivity contribution in [3.63, 3.8) is 0 Å². The molecule has 1 aliphatic heterocycles. The Balaban J connectivity index is 2.33. The number of nitrogens with zero attached hydrogens (tertiary/aromatic N) is 1. The SMILES string of the molecule is CN(CC(C)(C)O)C(=O)CC1CCCNC1. The van der Waals surface area contributed by atoms with Crippen molar-refractivity contribution in [3.8, 4) is 0 Å². The van der Waals surface area contributed by atoms with Crippen LogP contribution < -0.4 is 5.32 Å². The van der Waals surface area contributed by atoms with Gasteiger partial charge in [0.25, 0.3) is 0 Å². The molecule has 4 heteroatoms. The van der Waals surface area contributed by atoms with Crippen LogP contribution in [0.25, 0.3) is 0 Å². The average Bonchev–Trinajstić information content (AvgIpc) is 2.16. The van der Waals surface area contributed by atoms with Crippen LogP contribution in [-0.2, 0) is 4.79 Å². The molecule has 0 radical (unpaired) electrons. The molecule has 1 heterocycles. The van der Waals surface area contributed by atoms with Gasteiger partial charge in [-0.25, -0.2) is 0 Å². The van der Waals surface area contributed by atoms with Crippen LogP contribution in [0, 0.1) is 5.92 Å². The predicted molar refractivity (Wildman–Crippen MR) is 64.1 cm³/mol. The number of piperidine rings is 1. The van der Waals surface area contributed by atoms with Crippen LogP contribution in [0.3, 0.4) is 0 Å². The van der Waals surface area contributed by atoms with Crippen molar-refractivity contribution in [2.24, 2.45) is 5.92 Å². The summed E-state index contributed by atoms with van der Waals surface area (Å²) in [6.45, 7) is 5.86. The maximum Gasteiger partial charge on any atom is 0.222 e. The summed E-state index contributed by atoms with van der Waals surface area (Å²) in [4.78, 5) is 13.5. The summed E-state index contributed by atoms with van der Waals surface area (Å²) < 4.78 is 0. The lowest BCUT2D eigenvalue weighted by molar-refractivity contribution is -0.133. The van der Waals surface area contributed by atoms with E-state index in [2.05, 4.69) is 5.32 Å². The summed E-state index contributed by atoms with van der Waals surface area (Å²) in [6.07, 6.45) is 2.89. The average molecular weight is 228 g/mol. The van der Waals surface area contributed by atoms with Crippen LogP contribution in [0.5, 0.6) is 0 Å². The van der Waals surface area contributed by atoms with Gasteiger partial charge in [-0.05, 0) is 45.7 Å². The molecule has 16 heavy (non-hydrogen) atoms. The maximum absolute atomic E-state index is 11.9. The van der Waals surface area contributed by atoms with E-state index in [4.69, 9.17) is 0 Å².